The maximum atomic E-state index is 11.9. The fraction of sp³-hybridized carbons (Fsp3) is 0.947. The average Bonchev–Trinajstić information content (AvgIpc) is 2.83. The summed E-state index contributed by atoms with van der Waals surface area (Å²) in [7, 11) is 1.00. The lowest BCUT2D eigenvalue weighted by atomic mass is 9.96. The fourth-order valence-electron chi connectivity index (χ4n) is 4.11. The van der Waals surface area contributed by atoms with Gasteiger partial charge in [-0.15, -0.1) is 0 Å². The van der Waals surface area contributed by atoms with Crippen molar-refractivity contribution < 1.29 is 79.2 Å². The van der Waals surface area contributed by atoms with Crippen molar-refractivity contribution in [1.29, 1.82) is 0 Å². The van der Waals surface area contributed by atoms with Crippen LogP contribution in [0, 0.1) is 0 Å². The number of aliphatic hydroxyl groups is 9. The molecule has 3 aliphatic heterocycles. The molecular formula is C19H32O16. The molecule has 3 fully saturated rings. The molecule has 0 unspecified atom stereocenters. The molecule has 3 aliphatic rings. The summed E-state index contributed by atoms with van der Waals surface area (Å²) in [6.45, 7) is 0.624. The minimum Gasteiger partial charge on any atom is -0.467 e. The van der Waals surface area contributed by atoms with Crippen LogP contribution in [0.5, 0.6) is 0 Å². The van der Waals surface area contributed by atoms with E-state index in [0.29, 0.717) is 0 Å². The van der Waals surface area contributed by atoms with Crippen LogP contribution >= 0.6 is 0 Å². The molecule has 0 aromatic rings. The van der Waals surface area contributed by atoms with Crippen LogP contribution < -0.4 is 0 Å². The van der Waals surface area contributed by atoms with E-state index in [0.717, 1.165) is 7.11 Å². The van der Waals surface area contributed by atoms with Gasteiger partial charge in [0.15, 0.2) is 25.0 Å². The molecule has 0 bridgehead atoms. The van der Waals surface area contributed by atoms with Gasteiger partial charge in [-0.05, 0) is 6.92 Å². The summed E-state index contributed by atoms with van der Waals surface area (Å²) in [5.74, 6) is -1.07. The van der Waals surface area contributed by atoms with Gasteiger partial charge < -0.3 is 74.4 Å². The Labute approximate surface area is 198 Å². The Morgan fingerprint density at radius 3 is 1.83 bits per heavy atom. The van der Waals surface area contributed by atoms with Gasteiger partial charge in [0.25, 0.3) is 0 Å². The molecule has 3 rings (SSSR count). The van der Waals surface area contributed by atoms with E-state index >= 15 is 0 Å². The van der Waals surface area contributed by atoms with Gasteiger partial charge in [0.2, 0.25) is 0 Å². The topological polar surface area (TPSA) is 255 Å². The minimum absolute atomic E-state index is 0.753. The molecule has 0 aromatic carbocycles. The first-order chi connectivity index (χ1) is 16.4. The van der Waals surface area contributed by atoms with E-state index in [9.17, 15) is 50.8 Å². The molecule has 9 N–H and O–H groups in total. The smallest absolute Gasteiger partial charge is 0.337 e. The Morgan fingerprint density at radius 1 is 0.714 bits per heavy atom. The molecule has 0 aliphatic carbocycles. The van der Waals surface area contributed by atoms with Crippen molar-refractivity contribution in [3.63, 3.8) is 0 Å². The number of rotatable bonds is 6. The summed E-state index contributed by atoms with van der Waals surface area (Å²) in [5.41, 5.74) is 0. The summed E-state index contributed by atoms with van der Waals surface area (Å²) in [6.07, 6.45) is -25.4. The Morgan fingerprint density at radius 2 is 1.26 bits per heavy atom. The molecule has 16 heteroatoms. The summed E-state index contributed by atoms with van der Waals surface area (Å²) < 4.78 is 31.4. The second-order valence-electron chi connectivity index (χ2n) is 8.54. The van der Waals surface area contributed by atoms with E-state index in [1.165, 1.54) is 6.92 Å². The van der Waals surface area contributed by atoms with Crippen LogP contribution in [0.15, 0.2) is 0 Å². The van der Waals surface area contributed by atoms with E-state index < -0.39 is 105 Å². The number of hydrogen-bond acceptors (Lipinski definition) is 16. The first kappa shape index (κ1) is 28.5. The molecule has 3 saturated heterocycles. The van der Waals surface area contributed by atoms with Crippen LogP contribution in [0.2, 0.25) is 0 Å². The van der Waals surface area contributed by atoms with Crippen molar-refractivity contribution >= 4 is 5.97 Å². The third-order valence-electron chi connectivity index (χ3n) is 6.20. The van der Waals surface area contributed by atoms with Gasteiger partial charge in [0.1, 0.15) is 61.0 Å². The van der Waals surface area contributed by atoms with E-state index in [1.807, 2.05) is 0 Å². The quantitative estimate of drug-likeness (QED) is 0.149. The number of hydrogen-bond donors (Lipinski definition) is 9. The molecule has 0 spiro atoms. The van der Waals surface area contributed by atoms with Crippen molar-refractivity contribution in [3.05, 3.63) is 0 Å². The highest BCUT2D eigenvalue weighted by atomic mass is 16.8. The number of aliphatic hydroxyl groups excluding tert-OH is 9. The Kier molecular flexibility index (Phi) is 9.38. The van der Waals surface area contributed by atoms with Crippen LogP contribution in [-0.4, -0.2) is 158 Å². The molecule has 0 radical (unpaired) electrons. The number of methoxy groups -OCH3 is 1. The van der Waals surface area contributed by atoms with Gasteiger partial charge in [-0.3, -0.25) is 0 Å². The first-order valence-electron chi connectivity index (χ1n) is 10.8. The normalized spacial score (nSPS) is 51.1. The average molecular weight is 516 g/mol. The Balaban J connectivity index is 1.83. The van der Waals surface area contributed by atoms with Gasteiger partial charge in [0, 0.05) is 0 Å². The summed E-state index contributed by atoms with van der Waals surface area (Å²) in [6, 6.07) is 0. The van der Waals surface area contributed by atoms with Crippen molar-refractivity contribution in [3.8, 4) is 0 Å². The van der Waals surface area contributed by atoms with Crippen LogP contribution in [0.3, 0.4) is 0 Å². The summed E-state index contributed by atoms with van der Waals surface area (Å²) in [4.78, 5) is 11.9. The van der Waals surface area contributed by atoms with Gasteiger partial charge in [-0.2, -0.15) is 0 Å². The second-order valence-corrected chi connectivity index (χ2v) is 8.54. The van der Waals surface area contributed by atoms with Crippen LogP contribution in [-0.2, 0) is 33.2 Å². The third kappa shape index (κ3) is 5.60. The molecule has 0 aromatic heterocycles. The van der Waals surface area contributed by atoms with Gasteiger partial charge in [0.05, 0.1) is 19.8 Å². The SMILES string of the molecule is COC(=O)[C@H]1O[C@@H](O[C@@H]2[C@@H](O[C@H]3O[C@H](CO)[C@H](O)[C@H](O)[C@H]3O)[C@@H](O)[C@H](O)O[C@H]2C)[C@H](O)[C@@H](O)[C@@H]1O. The minimum atomic E-state index is -1.90. The summed E-state index contributed by atoms with van der Waals surface area (Å²) in [5, 5.41) is 90.6. The van der Waals surface area contributed by atoms with Crippen LogP contribution in [0.1, 0.15) is 6.92 Å². The van der Waals surface area contributed by atoms with E-state index in [4.69, 9.17) is 23.7 Å². The number of esters is 1. The predicted molar refractivity (Wildman–Crippen MR) is 105 cm³/mol. The third-order valence-corrected chi connectivity index (χ3v) is 6.20. The number of carbonyl (C=O) groups is 1. The Hall–Kier alpha value is -1.09. The lowest BCUT2D eigenvalue weighted by molar-refractivity contribution is -0.378. The van der Waals surface area contributed by atoms with E-state index in [2.05, 4.69) is 4.74 Å². The van der Waals surface area contributed by atoms with Crippen molar-refractivity contribution in [2.24, 2.45) is 0 Å². The first-order valence-corrected chi connectivity index (χ1v) is 10.8. The van der Waals surface area contributed by atoms with Gasteiger partial charge in [-0.1, -0.05) is 0 Å². The summed E-state index contributed by atoms with van der Waals surface area (Å²) >= 11 is 0. The zero-order valence-electron chi connectivity index (χ0n) is 18.8. The van der Waals surface area contributed by atoms with Crippen molar-refractivity contribution in [2.75, 3.05) is 13.7 Å². The lowest BCUT2D eigenvalue weighted by Gasteiger charge is -2.47. The number of ether oxygens (including phenoxy) is 6. The van der Waals surface area contributed by atoms with Crippen molar-refractivity contribution in [1.82, 2.24) is 0 Å². The maximum Gasteiger partial charge on any atom is 0.337 e. The number of carbonyl (C=O) groups excluding carboxylic acids is 1. The molecule has 35 heavy (non-hydrogen) atoms. The van der Waals surface area contributed by atoms with Gasteiger partial charge in [-0.25, -0.2) is 4.79 Å². The zero-order chi connectivity index (χ0) is 26.2. The monoisotopic (exact) mass is 516 g/mol. The molecule has 204 valence electrons. The lowest BCUT2D eigenvalue weighted by Crippen LogP contribution is -2.66. The van der Waals surface area contributed by atoms with Gasteiger partial charge >= 0.3 is 5.97 Å². The molecule has 3 heterocycles. The van der Waals surface area contributed by atoms with E-state index in [1.54, 1.807) is 0 Å². The molecule has 16 nitrogen and oxygen atoms in total. The van der Waals surface area contributed by atoms with Crippen LogP contribution in [0.25, 0.3) is 0 Å². The molecule has 0 saturated carbocycles. The molecular weight excluding hydrogens is 484 g/mol. The molecule has 0 amide bonds. The fourth-order valence-corrected chi connectivity index (χ4v) is 4.11. The van der Waals surface area contributed by atoms with E-state index in [-0.39, 0.29) is 0 Å². The highest BCUT2D eigenvalue weighted by molar-refractivity contribution is 5.75. The predicted octanol–water partition coefficient (Wildman–Crippen LogP) is -6.36. The van der Waals surface area contributed by atoms with Crippen molar-refractivity contribution in [2.45, 2.75) is 99.0 Å². The zero-order valence-corrected chi connectivity index (χ0v) is 18.8. The standard InChI is InChI=1S/C19H32O16/c1-4-13(33-19-11(26)8(23)9(24)15(35-19)17(29)30-2)14(12(27)16(28)31-4)34-18-10(25)7(22)6(21)5(3-20)32-18/h4-16,18-28H,3H2,1-2H3/t4-,5+,6-,7-,8-,9-,10+,11+,12+,13-,14-,15-,16+,18+,19+/m0/s1. The highest BCUT2D eigenvalue weighted by Gasteiger charge is 2.54. The Bertz CT molecular complexity index is 708. The van der Waals surface area contributed by atoms with Crippen LogP contribution in [0.4, 0.5) is 0 Å². The maximum absolute atomic E-state index is 11.9. The highest BCUT2D eigenvalue weighted by Crippen LogP contribution is 2.32. The largest absolute Gasteiger partial charge is 0.467 e. The second kappa shape index (κ2) is 11.5. The molecule has 15 atom stereocenters.